The van der Waals surface area contributed by atoms with Gasteiger partial charge < -0.3 is 20.1 Å². The Bertz CT molecular complexity index is 841. The van der Waals surface area contributed by atoms with Crippen LogP contribution in [0.5, 0.6) is 5.75 Å². The molecule has 0 saturated carbocycles. The van der Waals surface area contributed by atoms with E-state index in [1.165, 1.54) is 0 Å². The average molecular weight is 356 g/mol. The summed E-state index contributed by atoms with van der Waals surface area (Å²) in [6.07, 6.45) is 1.40. The highest BCUT2D eigenvalue weighted by atomic mass is 16.5. The molecule has 2 atom stereocenters. The van der Waals surface area contributed by atoms with E-state index in [2.05, 4.69) is 20.8 Å². The van der Waals surface area contributed by atoms with Crippen LogP contribution in [-0.4, -0.2) is 41.3 Å². The summed E-state index contributed by atoms with van der Waals surface area (Å²) in [6.45, 7) is 3.09. The molecule has 0 bridgehead atoms. The molecule has 1 aromatic heterocycles. The fourth-order valence-electron chi connectivity index (χ4n) is 3.19. The molecule has 26 heavy (non-hydrogen) atoms. The minimum atomic E-state index is -0.653. The average Bonchev–Trinajstić information content (AvgIpc) is 3.11. The lowest BCUT2D eigenvalue weighted by Gasteiger charge is -2.24. The molecule has 2 aliphatic heterocycles. The first-order valence-electron chi connectivity index (χ1n) is 8.67. The van der Waals surface area contributed by atoms with Crippen LogP contribution in [0.3, 0.4) is 0 Å². The van der Waals surface area contributed by atoms with Crippen LogP contribution in [-0.2, 0) is 9.53 Å². The van der Waals surface area contributed by atoms with Crippen molar-refractivity contribution in [2.24, 2.45) is 0 Å². The number of ether oxygens (including phenoxy) is 2. The van der Waals surface area contributed by atoms with Crippen LogP contribution in [0.15, 0.2) is 24.3 Å². The van der Waals surface area contributed by atoms with Gasteiger partial charge in [0.25, 0.3) is 11.8 Å². The quantitative estimate of drug-likeness (QED) is 0.782. The first-order valence-corrected chi connectivity index (χ1v) is 8.67. The second-order valence-corrected chi connectivity index (χ2v) is 6.51. The zero-order valence-electron chi connectivity index (χ0n) is 14.4. The monoisotopic (exact) mass is 356 g/mol. The van der Waals surface area contributed by atoms with Gasteiger partial charge in [-0.25, -0.2) is 0 Å². The number of aromatic nitrogens is 2. The summed E-state index contributed by atoms with van der Waals surface area (Å²) in [5, 5.41) is 12.7. The zero-order valence-corrected chi connectivity index (χ0v) is 14.4. The Morgan fingerprint density at radius 1 is 1.38 bits per heavy atom. The van der Waals surface area contributed by atoms with Gasteiger partial charge in [0.2, 0.25) is 0 Å². The normalized spacial score (nSPS) is 22.1. The molecule has 1 saturated heterocycles. The Labute approximate surface area is 150 Å². The van der Waals surface area contributed by atoms with Crippen molar-refractivity contribution in [3.63, 3.8) is 0 Å². The van der Waals surface area contributed by atoms with E-state index < -0.39 is 6.10 Å². The highest BCUT2D eigenvalue weighted by molar-refractivity contribution is 6.09. The van der Waals surface area contributed by atoms with E-state index in [0.29, 0.717) is 29.4 Å². The van der Waals surface area contributed by atoms with Crippen molar-refractivity contribution in [1.29, 1.82) is 0 Å². The Kier molecular flexibility index (Phi) is 4.34. The molecule has 0 spiro atoms. The Balaban J connectivity index is 1.52. The Hall–Kier alpha value is -2.87. The number of nitrogens with zero attached hydrogens (tertiary/aromatic N) is 1. The number of nitrogens with one attached hydrogen (secondary N) is 3. The number of rotatable bonds is 3. The van der Waals surface area contributed by atoms with Crippen molar-refractivity contribution in [3.05, 3.63) is 35.5 Å². The molecular weight excluding hydrogens is 336 g/mol. The molecule has 136 valence electrons. The highest BCUT2D eigenvalue weighted by Gasteiger charge is 2.28. The predicted octanol–water partition coefficient (Wildman–Crippen LogP) is 2.28. The van der Waals surface area contributed by atoms with Gasteiger partial charge in [0.15, 0.2) is 17.7 Å². The van der Waals surface area contributed by atoms with Gasteiger partial charge in [-0.05, 0) is 31.9 Å². The summed E-state index contributed by atoms with van der Waals surface area (Å²) in [6, 6.07) is 6.88. The lowest BCUT2D eigenvalue weighted by atomic mass is 9.99. The number of amides is 2. The van der Waals surface area contributed by atoms with E-state index in [1.54, 1.807) is 25.1 Å². The summed E-state index contributed by atoms with van der Waals surface area (Å²) in [4.78, 5) is 24.4. The van der Waals surface area contributed by atoms with Crippen LogP contribution in [0.1, 0.15) is 41.7 Å². The van der Waals surface area contributed by atoms with Crippen LogP contribution in [0, 0.1) is 0 Å². The molecule has 3 heterocycles. The van der Waals surface area contributed by atoms with Crippen LogP contribution in [0.2, 0.25) is 0 Å². The minimum absolute atomic E-state index is 0.235. The number of para-hydroxylation sites is 1. The topological polar surface area (TPSA) is 105 Å². The predicted molar refractivity (Wildman–Crippen MR) is 94.5 cm³/mol. The maximum Gasteiger partial charge on any atom is 0.265 e. The van der Waals surface area contributed by atoms with Crippen molar-refractivity contribution >= 4 is 23.3 Å². The highest BCUT2D eigenvalue weighted by Crippen LogP contribution is 2.34. The number of aromatic amines is 1. The maximum atomic E-state index is 12.7. The van der Waals surface area contributed by atoms with Crippen molar-refractivity contribution in [1.82, 2.24) is 10.2 Å². The molecule has 8 nitrogen and oxygen atoms in total. The number of carbonyl (C=O) groups excluding carboxylic acids is 2. The molecule has 1 fully saturated rings. The van der Waals surface area contributed by atoms with Gasteiger partial charge in [0, 0.05) is 24.3 Å². The lowest BCUT2D eigenvalue weighted by Crippen LogP contribution is -2.35. The second kappa shape index (κ2) is 6.80. The summed E-state index contributed by atoms with van der Waals surface area (Å²) in [5.74, 6) is 0.505. The van der Waals surface area contributed by atoms with Gasteiger partial charge in [-0.2, -0.15) is 5.10 Å². The summed E-state index contributed by atoms with van der Waals surface area (Å²) in [7, 11) is 0. The molecule has 1 aromatic carbocycles. The molecule has 4 rings (SSSR count). The fraction of sp³-hybridized carbons (Fsp3) is 0.389. The van der Waals surface area contributed by atoms with Crippen LogP contribution in [0.25, 0.3) is 0 Å². The third-order valence-electron chi connectivity index (χ3n) is 4.62. The SMILES string of the molecule is CC1Oc2c(cccc2C(=O)Nc2cc(C3CCCOC3)[nH]n2)NC1=O. The molecule has 3 N–H and O–H groups in total. The van der Waals surface area contributed by atoms with Gasteiger partial charge in [-0.15, -0.1) is 0 Å². The Morgan fingerprint density at radius 2 is 2.27 bits per heavy atom. The van der Waals surface area contributed by atoms with Crippen molar-refractivity contribution in [2.75, 3.05) is 23.8 Å². The summed E-state index contributed by atoms with van der Waals surface area (Å²) in [5.41, 5.74) is 1.79. The fourth-order valence-corrected chi connectivity index (χ4v) is 3.19. The van der Waals surface area contributed by atoms with Gasteiger partial charge in [-0.1, -0.05) is 6.07 Å². The number of hydrogen-bond donors (Lipinski definition) is 3. The molecule has 2 amide bonds. The number of carbonyl (C=O) groups is 2. The van der Waals surface area contributed by atoms with E-state index in [0.717, 1.165) is 25.1 Å². The molecular formula is C18H20N4O4. The van der Waals surface area contributed by atoms with Crippen molar-refractivity contribution < 1.29 is 19.1 Å². The molecule has 2 aliphatic rings. The van der Waals surface area contributed by atoms with E-state index >= 15 is 0 Å². The number of benzene rings is 1. The van der Waals surface area contributed by atoms with E-state index in [-0.39, 0.29) is 17.7 Å². The number of H-pyrrole nitrogens is 1. The molecule has 2 aromatic rings. The second-order valence-electron chi connectivity index (χ2n) is 6.51. The summed E-state index contributed by atoms with van der Waals surface area (Å²) >= 11 is 0. The van der Waals surface area contributed by atoms with E-state index in [1.807, 2.05) is 6.07 Å². The smallest absolute Gasteiger partial charge is 0.265 e. The van der Waals surface area contributed by atoms with Crippen molar-refractivity contribution in [2.45, 2.75) is 31.8 Å². The summed E-state index contributed by atoms with van der Waals surface area (Å²) < 4.78 is 11.1. The Morgan fingerprint density at radius 3 is 3.08 bits per heavy atom. The van der Waals surface area contributed by atoms with Crippen LogP contribution < -0.4 is 15.4 Å². The maximum absolute atomic E-state index is 12.7. The number of fused-ring (bicyclic) bond motifs is 1. The van der Waals surface area contributed by atoms with E-state index in [9.17, 15) is 9.59 Å². The van der Waals surface area contributed by atoms with Gasteiger partial charge in [0.05, 0.1) is 17.9 Å². The standard InChI is InChI=1S/C18H20N4O4/c1-10-17(23)19-13-6-2-5-12(16(13)26-10)18(24)20-15-8-14(21-22-15)11-4-3-7-25-9-11/h2,5-6,8,10-11H,3-4,7,9H2,1H3,(H,19,23)(H2,20,21,22,24). The van der Waals surface area contributed by atoms with Gasteiger partial charge in [0.1, 0.15) is 0 Å². The number of anilines is 2. The van der Waals surface area contributed by atoms with Gasteiger partial charge in [-0.3, -0.25) is 14.7 Å². The zero-order chi connectivity index (χ0) is 18.1. The van der Waals surface area contributed by atoms with Crippen LogP contribution in [0.4, 0.5) is 11.5 Å². The number of hydrogen-bond acceptors (Lipinski definition) is 5. The molecule has 0 radical (unpaired) electrons. The molecule has 8 heteroatoms. The molecule has 0 aliphatic carbocycles. The van der Waals surface area contributed by atoms with E-state index in [4.69, 9.17) is 9.47 Å². The molecule has 2 unspecified atom stereocenters. The first kappa shape index (κ1) is 16.6. The van der Waals surface area contributed by atoms with Crippen LogP contribution >= 0.6 is 0 Å². The first-order chi connectivity index (χ1) is 12.6. The third kappa shape index (κ3) is 3.15. The largest absolute Gasteiger partial charge is 0.478 e. The minimum Gasteiger partial charge on any atom is -0.478 e. The van der Waals surface area contributed by atoms with Crippen molar-refractivity contribution in [3.8, 4) is 5.75 Å². The lowest BCUT2D eigenvalue weighted by molar-refractivity contribution is -0.122. The van der Waals surface area contributed by atoms with Gasteiger partial charge >= 0.3 is 0 Å². The third-order valence-corrected chi connectivity index (χ3v) is 4.62.